The Balaban J connectivity index is 4.24. The van der Waals surface area contributed by atoms with Crippen LogP contribution in [0.4, 0.5) is 0 Å². The Labute approximate surface area is 102 Å². The van der Waals surface area contributed by atoms with Crippen LogP contribution in [0.3, 0.4) is 0 Å². The standard InChI is InChI=1S/C12H29NO2Si/c1-4-7-11-16(14-5-2,15-6-3)12-9-8-10-13/h4-13H2,1-3H3. The topological polar surface area (TPSA) is 44.5 Å². The van der Waals surface area contributed by atoms with Crippen molar-refractivity contribution in [3.63, 3.8) is 0 Å². The maximum Gasteiger partial charge on any atom is 0.338 e. The molecule has 4 heteroatoms. The summed E-state index contributed by atoms with van der Waals surface area (Å²) in [5.74, 6) is 0. The molecule has 0 aliphatic rings. The van der Waals surface area contributed by atoms with Crippen LogP contribution in [0.25, 0.3) is 0 Å². The quantitative estimate of drug-likeness (QED) is 0.451. The Kier molecular flexibility index (Phi) is 10.3. The molecule has 3 nitrogen and oxygen atoms in total. The molecule has 0 spiro atoms. The first kappa shape index (κ1) is 16.1. The third-order valence-corrected chi connectivity index (χ3v) is 6.60. The molecular weight excluding hydrogens is 218 g/mol. The molecule has 0 aliphatic carbocycles. The van der Waals surface area contributed by atoms with Crippen molar-refractivity contribution < 1.29 is 8.85 Å². The number of hydrogen-bond acceptors (Lipinski definition) is 3. The molecule has 0 aromatic carbocycles. The van der Waals surface area contributed by atoms with Crippen molar-refractivity contribution in [2.75, 3.05) is 19.8 Å². The van der Waals surface area contributed by atoms with Crippen molar-refractivity contribution >= 4 is 8.56 Å². The van der Waals surface area contributed by atoms with Crippen molar-refractivity contribution in [1.82, 2.24) is 0 Å². The summed E-state index contributed by atoms with van der Waals surface area (Å²) in [6.45, 7) is 8.68. The highest BCUT2D eigenvalue weighted by Crippen LogP contribution is 2.24. The summed E-state index contributed by atoms with van der Waals surface area (Å²) in [6.07, 6.45) is 4.66. The summed E-state index contributed by atoms with van der Waals surface area (Å²) in [6, 6.07) is 2.24. The van der Waals surface area contributed by atoms with Crippen LogP contribution in [0, 0.1) is 0 Å². The summed E-state index contributed by atoms with van der Waals surface area (Å²) >= 11 is 0. The first-order chi connectivity index (χ1) is 7.74. The van der Waals surface area contributed by atoms with Gasteiger partial charge in [0.15, 0.2) is 0 Å². The van der Waals surface area contributed by atoms with E-state index in [-0.39, 0.29) is 0 Å². The molecule has 0 aromatic rings. The molecule has 0 aromatic heterocycles. The smallest absolute Gasteiger partial charge is 0.338 e. The normalized spacial score (nSPS) is 12.0. The van der Waals surface area contributed by atoms with E-state index in [1.54, 1.807) is 0 Å². The van der Waals surface area contributed by atoms with Crippen LogP contribution < -0.4 is 5.73 Å². The van der Waals surface area contributed by atoms with Crippen LogP contribution in [0.1, 0.15) is 46.5 Å². The van der Waals surface area contributed by atoms with E-state index in [4.69, 9.17) is 14.6 Å². The van der Waals surface area contributed by atoms with E-state index >= 15 is 0 Å². The number of rotatable bonds is 11. The van der Waals surface area contributed by atoms with Crippen LogP contribution in [0.2, 0.25) is 12.1 Å². The predicted molar refractivity (Wildman–Crippen MR) is 71.8 cm³/mol. The van der Waals surface area contributed by atoms with Crippen LogP contribution in [-0.2, 0) is 8.85 Å². The SMILES string of the molecule is CCCC[Si](CCCCN)(OCC)OCC. The summed E-state index contributed by atoms with van der Waals surface area (Å²) in [7, 11) is -1.91. The zero-order valence-electron chi connectivity index (χ0n) is 11.3. The second-order valence-electron chi connectivity index (χ2n) is 4.13. The van der Waals surface area contributed by atoms with Gasteiger partial charge >= 0.3 is 8.56 Å². The molecule has 98 valence electrons. The Morgan fingerprint density at radius 1 is 0.875 bits per heavy atom. The van der Waals surface area contributed by atoms with Gasteiger partial charge in [-0.05, 0) is 38.9 Å². The molecule has 0 aliphatic heterocycles. The van der Waals surface area contributed by atoms with Gasteiger partial charge in [0.25, 0.3) is 0 Å². The number of unbranched alkanes of at least 4 members (excludes halogenated alkanes) is 2. The molecule has 0 radical (unpaired) electrons. The zero-order valence-corrected chi connectivity index (χ0v) is 12.3. The Morgan fingerprint density at radius 3 is 1.88 bits per heavy atom. The largest absolute Gasteiger partial charge is 0.394 e. The molecule has 0 unspecified atom stereocenters. The van der Waals surface area contributed by atoms with Crippen LogP contribution >= 0.6 is 0 Å². The average molecular weight is 247 g/mol. The summed E-state index contributed by atoms with van der Waals surface area (Å²) < 4.78 is 12.0. The first-order valence-corrected chi connectivity index (χ1v) is 8.95. The fraction of sp³-hybridized carbons (Fsp3) is 1.00. The van der Waals surface area contributed by atoms with Crippen molar-refractivity contribution in [2.45, 2.75) is 58.5 Å². The third kappa shape index (κ3) is 6.63. The van der Waals surface area contributed by atoms with Crippen LogP contribution in [0.5, 0.6) is 0 Å². The molecule has 0 heterocycles. The molecule has 2 N–H and O–H groups in total. The summed E-state index contributed by atoms with van der Waals surface area (Å²) in [5, 5.41) is 0. The molecule has 16 heavy (non-hydrogen) atoms. The van der Waals surface area contributed by atoms with Crippen molar-refractivity contribution in [1.29, 1.82) is 0 Å². The lowest BCUT2D eigenvalue weighted by Gasteiger charge is -2.30. The van der Waals surface area contributed by atoms with Gasteiger partial charge in [-0.25, -0.2) is 0 Å². The lowest BCUT2D eigenvalue weighted by Crippen LogP contribution is -2.42. The van der Waals surface area contributed by atoms with Crippen molar-refractivity contribution in [3.8, 4) is 0 Å². The maximum atomic E-state index is 5.99. The lowest BCUT2D eigenvalue weighted by molar-refractivity contribution is 0.180. The molecule has 0 fully saturated rings. The van der Waals surface area contributed by atoms with Gasteiger partial charge < -0.3 is 14.6 Å². The molecule has 0 saturated heterocycles. The average Bonchev–Trinajstić information content (AvgIpc) is 2.27. The monoisotopic (exact) mass is 247 g/mol. The molecular formula is C12H29NO2Si. The van der Waals surface area contributed by atoms with E-state index in [1.807, 2.05) is 0 Å². The van der Waals surface area contributed by atoms with E-state index in [9.17, 15) is 0 Å². The minimum atomic E-state index is -1.91. The van der Waals surface area contributed by atoms with E-state index < -0.39 is 8.56 Å². The Hall–Kier alpha value is 0.0969. The van der Waals surface area contributed by atoms with Crippen molar-refractivity contribution in [2.24, 2.45) is 5.73 Å². The van der Waals surface area contributed by atoms with Crippen molar-refractivity contribution in [3.05, 3.63) is 0 Å². The van der Waals surface area contributed by atoms with Crippen LogP contribution in [-0.4, -0.2) is 28.3 Å². The Morgan fingerprint density at radius 2 is 1.44 bits per heavy atom. The van der Waals surface area contributed by atoms with Gasteiger partial charge in [0.05, 0.1) is 0 Å². The molecule has 0 bridgehead atoms. The first-order valence-electron chi connectivity index (χ1n) is 6.72. The molecule has 0 atom stereocenters. The number of hydrogen-bond donors (Lipinski definition) is 1. The second kappa shape index (κ2) is 10.3. The van der Waals surface area contributed by atoms with E-state index in [1.165, 1.54) is 12.8 Å². The van der Waals surface area contributed by atoms with Gasteiger partial charge in [0, 0.05) is 13.2 Å². The van der Waals surface area contributed by atoms with Gasteiger partial charge in [0.2, 0.25) is 0 Å². The number of nitrogens with two attached hydrogens (primary N) is 1. The molecule has 0 amide bonds. The fourth-order valence-corrected chi connectivity index (χ4v) is 5.61. The zero-order chi connectivity index (χ0) is 12.3. The lowest BCUT2D eigenvalue weighted by atomic mass is 10.3. The Bertz CT molecular complexity index is 150. The van der Waals surface area contributed by atoms with E-state index in [0.717, 1.165) is 44.7 Å². The highest BCUT2D eigenvalue weighted by atomic mass is 28.4. The van der Waals surface area contributed by atoms with Gasteiger partial charge in [-0.15, -0.1) is 0 Å². The van der Waals surface area contributed by atoms with Gasteiger partial charge in [-0.2, -0.15) is 0 Å². The summed E-state index contributed by atoms with van der Waals surface area (Å²) in [5.41, 5.74) is 5.54. The fourth-order valence-electron chi connectivity index (χ4n) is 1.97. The highest BCUT2D eigenvalue weighted by molar-refractivity contribution is 6.67. The van der Waals surface area contributed by atoms with Gasteiger partial charge in [0.1, 0.15) is 0 Å². The highest BCUT2D eigenvalue weighted by Gasteiger charge is 2.35. The summed E-state index contributed by atoms with van der Waals surface area (Å²) in [4.78, 5) is 0. The second-order valence-corrected chi connectivity index (χ2v) is 7.52. The molecule has 0 rings (SSSR count). The maximum absolute atomic E-state index is 5.99. The van der Waals surface area contributed by atoms with Gasteiger partial charge in [-0.1, -0.05) is 26.2 Å². The predicted octanol–water partition coefficient (Wildman–Crippen LogP) is 3.04. The van der Waals surface area contributed by atoms with E-state index in [2.05, 4.69) is 20.8 Å². The molecule has 0 saturated carbocycles. The third-order valence-electron chi connectivity index (χ3n) is 2.74. The van der Waals surface area contributed by atoms with E-state index in [0.29, 0.717) is 0 Å². The van der Waals surface area contributed by atoms with Gasteiger partial charge in [-0.3, -0.25) is 0 Å². The van der Waals surface area contributed by atoms with Crippen LogP contribution in [0.15, 0.2) is 0 Å². The minimum Gasteiger partial charge on any atom is -0.394 e. The minimum absolute atomic E-state index is 0.774.